The highest BCUT2D eigenvalue weighted by Crippen LogP contribution is 2.41. The summed E-state index contributed by atoms with van der Waals surface area (Å²) in [6, 6.07) is 18.2. The van der Waals surface area contributed by atoms with Crippen molar-refractivity contribution in [3.8, 4) is 39.5 Å². The van der Waals surface area contributed by atoms with E-state index >= 15 is 0 Å². The molecule has 0 saturated heterocycles. The quantitative estimate of drug-likeness (QED) is 0.456. The van der Waals surface area contributed by atoms with Crippen LogP contribution in [0.3, 0.4) is 0 Å². The molecule has 0 N–H and O–H groups in total. The molecular formula is C21H19NO5. The van der Waals surface area contributed by atoms with E-state index < -0.39 is 4.92 Å². The fraction of sp³-hybridized carbons (Fsp3) is 0.143. The predicted octanol–water partition coefficient (Wildman–Crippen LogP) is 4.95. The molecule has 27 heavy (non-hydrogen) atoms. The number of methoxy groups -OCH3 is 3. The van der Waals surface area contributed by atoms with Crippen molar-refractivity contribution in [3.63, 3.8) is 0 Å². The van der Waals surface area contributed by atoms with Gasteiger partial charge in [-0.2, -0.15) is 0 Å². The molecule has 138 valence electrons. The molecule has 0 saturated carbocycles. The van der Waals surface area contributed by atoms with Gasteiger partial charge in [0.05, 0.1) is 26.3 Å². The Hall–Kier alpha value is -3.54. The van der Waals surface area contributed by atoms with Crippen LogP contribution in [0.2, 0.25) is 0 Å². The number of hydrogen-bond acceptors (Lipinski definition) is 5. The lowest BCUT2D eigenvalue weighted by Gasteiger charge is -2.14. The van der Waals surface area contributed by atoms with Gasteiger partial charge in [0.2, 0.25) is 5.75 Å². The fourth-order valence-electron chi connectivity index (χ4n) is 2.88. The van der Waals surface area contributed by atoms with Crippen LogP contribution in [0.25, 0.3) is 22.3 Å². The number of ether oxygens (including phenoxy) is 3. The van der Waals surface area contributed by atoms with Crippen molar-refractivity contribution in [1.82, 2.24) is 0 Å². The number of nitro benzene ring substituents is 1. The van der Waals surface area contributed by atoms with E-state index in [9.17, 15) is 10.1 Å². The molecule has 0 atom stereocenters. The monoisotopic (exact) mass is 365 g/mol. The van der Waals surface area contributed by atoms with Gasteiger partial charge in [-0.25, -0.2) is 0 Å². The normalized spacial score (nSPS) is 10.3. The molecule has 0 amide bonds. The molecular weight excluding hydrogens is 346 g/mol. The molecule has 0 aliphatic carbocycles. The Kier molecular flexibility index (Phi) is 5.26. The highest BCUT2D eigenvalue weighted by molar-refractivity contribution is 5.74. The Morgan fingerprint density at radius 1 is 0.667 bits per heavy atom. The summed E-state index contributed by atoms with van der Waals surface area (Å²) in [7, 11) is 4.73. The molecule has 6 heteroatoms. The van der Waals surface area contributed by atoms with Crippen molar-refractivity contribution < 1.29 is 19.1 Å². The lowest BCUT2D eigenvalue weighted by atomic mass is 9.99. The second-order valence-corrected chi connectivity index (χ2v) is 5.80. The summed E-state index contributed by atoms with van der Waals surface area (Å²) < 4.78 is 16.2. The van der Waals surface area contributed by atoms with Crippen LogP contribution in [0.15, 0.2) is 60.7 Å². The third-order valence-corrected chi connectivity index (χ3v) is 4.29. The first-order chi connectivity index (χ1) is 13.1. The summed E-state index contributed by atoms with van der Waals surface area (Å²) >= 11 is 0. The molecule has 0 fully saturated rings. The Balaban J connectivity index is 1.94. The number of nitrogens with zero attached hydrogens (tertiary/aromatic N) is 1. The van der Waals surface area contributed by atoms with Crippen LogP contribution in [0, 0.1) is 10.1 Å². The van der Waals surface area contributed by atoms with E-state index in [1.54, 1.807) is 33.5 Å². The third kappa shape index (κ3) is 3.69. The van der Waals surface area contributed by atoms with E-state index in [0.717, 1.165) is 22.3 Å². The van der Waals surface area contributed by atoms with Gasteiger partial charge < -0.3 is 14.2 Å². The summed E-state index contributed by atoms with van der Waals surface area (Å²) in [5.41, 5.74) is 3.88. The molecule has 6 nitrogen and oxygen atoms in total. The third-order valence-electron chi connectivity index (χ3n) is 4.29. The summed E-state index contributed by atoms with van der Waals surface area (Å²) in [6.45, 7) is 0. The first-order valence-electron chi connectivity index (χ1n) is 8.22. The van der Waals surface area contributed by atoms with Gasteiger partial charge >= 0.3 is 0 Å². The van der Waals surface area contributed by atoms with Crippen LogP contribution >= 0.6 is 0 Å². The van der Waals surface area contributed by atoms with Crippen LogP contribution in [0.5, 0.6) is 17.2 Å². The van der Waals surface area contributed by atoms with Crippen LogP contribution in [0.1, 0.15) is 0 Å². The largest absolute Gasteiger partial charge is 0.493 e. The van der Waals surface area contributed by atoms with E-state index in [4.69, 9.17) is 14.2 Å². The number of nitro groups is 1. The standard InChI is InChI=1S/C21H19NO5/c1-25-19-12-17(13-20(26-2)21(19)27-3)16-6-4-14(5-7-16)15-8-10-18(11-9-15)22(23)24/h4-13H,1-3H3. The predicted molar refractivity (Wildman–Crippen MR) is 104 cm³/mol. The fourth-order valence-corrected chi connectivity index (χ4v) is 2.88. The summed E-state index contributed by atoms with van der Waals surface area (Å²) in [6.07, 6.45) is 0. The number of hydrogen-bond donors (Lipinski definition) is 0. The van der Waals surface area contributed by atoms with Crippen molar-refractivity contribution >= 4 is 5.69 Å². The highest BCUT2D eigenvalue weighted by atomic mass is 16.6. The first kappa shape index (κ1) is 18.3. The zero-order chi connectivity index (χ0) is 19.4. The van der Waals surface area contributed by atoms with E-state index in [1.165, 1.54) is 12.1 Å². The van der Waals surface area contributed by atoms with E-state index in [1.807, 2.05) is 36.4 Å². The van der Waals surface area contributed by atoms with Crippen molar-refractivity contribution in [1.29, 1.82) is 0 Å². The highest BCUT2D eigenvalue weighted by Gasteiger charge is 2.14. The molecule has 0 aromatic heterocycles. The molecule has 0 bridgehead atoms. The van der Waals surface area contributed by atoms with Crippen LogP contribution in [-0.2, 0) is 0 Å². The molecule has 0 spiro atoms. The maximum atomic E-state index is 10.8. The Morgan fingerprint density at radius 3 is 1.44 bits per heavy atom. The molecule has 3 rings (SSSR count). The van der Waals surface area contributed by atoms with Gasteiger partial charge in [0.1, 0.15) is 0 Å². The lowest BCUT2D eigenvalue weighted by Crippen LogP contribution is -1.95. The Labute approximate surface area is 157 Å². The molecule has 0 aliphatic heterocycles. The molecule has 0 aliphatic rings. The maximum absolute atomic E-state index is 10.8. The molecule has 0 heterocycles. The topological polar surface area (TPSA) is 70.8 Å². The number of non-ortho nitro benzene ring substituents is 1. The average Bonchev–Trinajstić information content (AvgIpc) is 2.72. The van der Waals surface area contributed by atoms with E-state index in [2.05, 4.69) is 0 Å². The van der Waals surface area contributed by atoms with Gasteiger partial charge in [-0.1, -0.05) is 24.3 Å². The van der Waals surface area contributed by atoms with Gasteiger partial charge in [0, 0.05) is 12.1 Å². The molecule has 0 unspecified atom stereocenters. The second-order valence-electron chi connectivity index (χ2n) is 5.80. The van der Waals surface area contributed by atoms with E-state index in [-0.39, 0.29) is 5.69 Å². The zero-order valence-electron chi connectivity index (χ0n) is 15.3. The van der Waals surface area contributed by atoms with Gasteiger partial charge in [0.15, 0.2) is 11.5 Å². The van der Waals surface area contributed by atoms with E-state index in [0.29, 0.717) is 17.2 Å². The van der Waals surface area contributed by atoms with Gasteiger partial charge in [0.25, 0.3) is 5.69 Å². The Morgan fingerprint density at radius 2 is 1.07 bits per heavy atom. The van der Waals surface area contributed by atoms with Gasteiger partial charge in [-0.15, -0.1) is 0 Å². The summed E-state index contributed by atoms with van der Waals surface area (Å²) in [5, 5.41) is 10.8. The minimum atomic E-state index is -0.405. The van der Waals surface area contributed by atoms with Gasteiger partial charge in [-0.05, 0) is 46.5 Å². The molecule has 0 radical (unpaired) electrons. The van der Waals surface area contributed by atoms with Crippen LogP contribution in [0.4, 0.5) is 5.69 Å². The molecule has 3 aromatic rings. The maximum Gasteiger partial charge on any atom is 0.269 e. The average molecular weight is 365 g/mol. The Bertz CT molecular complexity index is 924. The van der Waals surface area contributed by atoms with Crippen molar-refractivity contribution in [2.75, 3.05) is 21.3 Å². The van der Waals surface area contributed by atoms with Crippen molar-refractivity contribution in [3.05, 3.63) is 70.8 Å². The summed E-state index contributed by atoms with van der Waals surface area (Å²) in [5.74, 6) is 1.73. The number of benzene rings is 3. The van der Waals surface area contributed by atoms with Crippen LogP contribution < -0.4 is 14.2 Å². The first-order valence-corrected chi connectivity index (χ1v) is 8.22. The lowest BCUT2D eigenvalue weighted by molar-refractivity contribution is -0.384. The summed E-state index contributed by atoms with van der Waals surface area (Å²) in [4.78, 5) is 10.4. The minimum absolute atomic E-state index is 0.0767. The van der Waals surface area contributed by atoms with Crippen molar-refractivity contribution in [2.45, 2.75) is 0 Å². The van der Waals surface area contributed by atoms with Crippen LogP contribution in [-0.4, -0.2) is 26.3 Å². The smallest absolute Gasteiger partial charge is 0.269 e. The minimum Gasteiger partial charge on any atom is -0.493 e. The number of rotatable bonds is 6. The zero-order valence-corrected chi connectivity index (χ0v) is 15.3. The second kappa shape index (κ2) is 7.78. The van der Waals surface area contributed by atoms with Gasteiger partial charge in [-0.3, -0.25) is 10.1 Å². The van der Waals surface area contributed by atoms with Crippen molar-refractivity contribution in [2.24, 2.45) is 0 Å². The molecule has 3 aromatic carbocycles. The SMILES string of the molecule is COc1cc(-c2ccc(-c3ccc([N+](=O)[O-])cc3)cc2)cc(OC)c1OC.